The summed E-state index contributed by atoms with van der Waals surface area (Å²) in [6, 6.07) is 11.9. The zero-order valence-corrected chi connectivity index (χ0v) is 18.1. The van der Waals surface area contributed by atoms with Crippen molar-refractivity contribution in [2.75, 3.05) is 26.3 Å². The average molecular weight is 432 g/mol. The highest BCUT2D eigenvalue weighted by atomic mass is 35.5. The van der Waals surface area contributed by atoms with Crippen molar-refractivity contribution in [1.82, 2.24) is 10.3 Å². The molecule has 2 aromatic rings. The second kappa shape index (κ2) is 11.8. The van der Waals surface area contributed by atoms with Crippen molar-refractivity contribution in [3.63, 3.8) is 0 Å². The number of benzene rings is 2. The van der Waals surface area contributed by atoms with Crippen LogP contribution in [0, 0.1) is 0 Å². The molecule has 0 fully saturated rings. The first-order valence-corrected chi connectivity index (χ1v) is 10.1. The number of carbonyl (C=O) groups excluding carboxylic acids is 2. The van der Waals surface area contributed by atoms with E-state index in [-0.39, 0.29) is 12.5 Å². The SMILES string of the molecule is CCOc1cc(/C=N\NC(=O)c2ccccc2Cl)ccc1OCC(=O)N(CC)CC. The van der Waals surface area contributed by atoms with Gasteiger partial charge in [0.1, 0.15) is 0 Å². The van der Waals surface area contributed by atoms with E-state index in [1.165, 1.54) is 6.21 Å². The second-order valence-electron chi connectivity index (χ2n) is 6.17. The predicted octanol–water partition coefficient (Wildman–Crippen LogP) is 3.75. The summed E-state index contributed by atoms with van der Waals surface area (Å²) in [4.78, 5) is 26.0. The molecule has 0 bridgehead atoms. The van der Waals surface area contributed by atoms with Gasteiger partial charge in [-0.25, -0.2) is 5.43 Å². The van der Waals surface area contributed by atoms with Crippen LogP contribution in [0.25, 0.3) is 0 Å². The monoisotopic (exact) mass is 431 g/mol. The molecule has 0 saturated carbocycles. The summed E-state index contributed by atoms with van der Waals surface area (Å²) in [7, 11) is 0. The third-order valence-corrected chi connectivity index (χ3v) is 4.56. The molecule has 160 valence electrons. The van der Waals surface area contributed by atoms with Gasteiger partial charge in [0, 0.05) is 13.1 Å². The Morgan fingerprint density at radius 2 is 1.80 bits per heavy atom. The average Bonchev–Trinajstić information content (AvgIpc) is 2.74. The number of nitrogens with one attached hydrogen (secondary N) is 1. The number of rotatable bonds is 10. The molecular formula is C22H26ClN3O4. The van der Waals surface area contributed by atoms with Crippen molar-refractivity contribution < 1.29 is 19.1 Å². The van der Waals surface area contributed by atoms with E-state index in [2.05, 4.69) is 10.5 Å². The fourth-order valence-corrected chi connectivity index (χ4v) is 2.89. The van der Waals surface area contributed by atoms with Crippen LogP contribution in [-0.2, 0) is 4.79 Å². The molecule has 0 unspecified atom stereocenters. The van der Waals surface area contributed by atoms with E-state index < -0.39 is 5.91 Å². The van der Waals surface area contributed by atoms with Crippen LogP contribution in [0.15, 0.2) is 47.6 Å². The molecule has 0 saturated heterocycles. The number of halogens is 1. The summed E-state index contributed by atoms with van der Waals surface area (Å²) in [5.41, 5.74) is 3.48. The van der Waals surface area contributed by atoms with Crippen LogP contribution in [0.4, 0.5) is 0 Å². The number of hydrazone groups is 1. The zero-order chi connectivity index (χ0) is 21.9. The molecule has 0 heterocycles. The van der Waals surface area contributed by atoms with Crippen molar-refractivity contribution in [3.8, 4) is 11.5 Å². The molecule has 0 aliphatic rings. The Bertz CT molecular complexity index is 898. The predicted molar refractivity (Wildman–Crippen MR) is 118 cm³/mol. The molecule has 1 N–H and O–H groups in total. The van der Waals surface area contributed by atoms with E-state index in [1.54, 1.807) is 47.4 Å². The third kappa shape index (κ3) is 6.49. The minimum Gasteiger partial charge on any atom is -0.490 e. The summed E-state index contributed by atoms with van der Waals surface area (Å²) < 4.78 is 11.3. The van der Waals surface area contributed by atoms with Gasteiger partial charge in [-0.05, 0) is 56.7 Å². The Labute approximate surface area is 181 Å². The largest absolute Gasteiger partial charge is 0.490 e. The van der Waals surface area contributed by atoms with Crippen LogP contribution < -0.4 is 14.9 Å². The molecule has 0 aliphatic carbocycles. The van der Waals surface area contributed by atoms with Gasteiger partial charge in [0.2, 0.25) is 0 Å². The van der Waals surface area contributed by atoms with E-state index in [9.17, 15) is 9.59 Å². The molecule has 0 radical (unpaired) electrons. The smallest absolute Gasteiger partial charge is 0.272 e. The second-order valence-corrected chi connectivity index (χ2v) is 6.58. The van der Waals surface area contributed by atoms with E-state index in [1.807, 2.05) is 20.8 Å². The van der Waals surface area contributed by atoms with Crippen LogP contribution in [0.5, 0.6) is 11.5 Å². The molecule has 8 heteroatoms. The molecular weight excluding hydrogens is 406 g/mol. The van der Waals surface area contributed by atoms with Crippen molar-refractivity contribution in [3.05, 3.63) is 58.6 Å². The summed E-state index contributed by atoms with van der Waals surface area (Å²) in [5, 5.41) is 4.32. The van der Waals surface area contributed by atoms with E-state index in [4.69, 9.17) is 21.1 Å². The number of likely N-dealkylation sites (N-methyl/N-ethyl adjacent to an activating group) is 1. The lowest BCUT2D eigenvalue weighted by Gasteiger charge is -2.19. The highest BCUT2D eigenvalue weighted by Crippen LogP contribution is 2.28. The molecule has 2 rings (SSSR count). The van der Waals surface area contributed by atoms with Gasteiger partial charge >= 0.3 is 0 Å². The lowest BCUT2D eigenvalue weighted by Crippen LogP contribution is -2.34. The maximum absolute atomic E-state index is 12.2. The molecule has 0 spiro atoms. The minimum absolute atomic E-state index is 0.0664. The van der Waals surface area contributed by atoms with Gasteiger partial charge in [0.15, 0.2) is 18.1 Å². The maximum Gasteiger partial charge on any atom is 0.272 e. The molecule has 7 nitrogen and oxygen atoms in total. The Hall–Kier alpha value is -3.06. The van der Waals surface area contributed by atoms with Gasteiger partial charge in [0.05, 0.1) is 23.4 Å². The number of carbonyl (C=O) groups is 2. The van der Waals surface area contributed by atoms with Crippen LogP contribution in [0.1, 0.15) is 36.7 Å². The first kappa shape index (κ1) is 23.2. The molecule has 2 aromatic carbocycles. The van der Waals surface area contributed by atoms with E-state index in [0.717, 1.165) is 0 Å². The summed E-state index contributed by atoms with van der Waals surface area (Å²) >= 11 is 6.01. The Kier molecular flexibility index (Phi) is 9.15. The van der Waals surface area contributed by atoms with Crippen molar-refractivity contribution in [1.29, 1.82) is 0 Å². The van der Waals surface area contributed by atoms with Gasteiger partial charge in [-0.2, -0.15) is 5.10 Å². The molecule has 0 atom stereocenters. The zero-order valence-electron chi connectivity index (χ0n) is 17.4. The normalized spacial score (nSPS) is 10.7. The fraction of sp³-hybridized carbons (Fsp3) is 0.318. The van der Waals surface area contributed by atoms with Crippen LogP contribution >= 0.6 is 11.6 Å². The first-order valence-electron chi connectivity index (χ1n) is 9.75. The molecule has 30 heavy (non-hydrogen) atoms. The summed E-state index contributed by atoms with van der Waals surface area (Å²) in [6.07, 6.45) is 1.49. The Morgan fingerprint density at radius 3 is 2.47 bits per heavy atom. The van der Waals surface area contributed by atoms with E-state index in [0.29, 0.717) is 47.3 Å². The topological polar surface area (TPSA) is 80.2 Å². The van der Waals surface area contributed by atoms with Crippen LogP contribution in [-0.4, -0.2) is 49.2 Å². The van der Waals surface area contributed by atoms with Gasteiger partial charge < -0.3 is 14.4 Å². The van der Waals surface area contributed by atoms with Crippen LogP contribution in [0.2, 0.25) is 5.02 Å². The standard InChI is InChI=1S/C22H26ClN3O4/c1-4-26(5-2)21(27)15-30-19-12-11-16(13-20(19)29-6-3)14-24-25-22(28)17-9-7-8-10-18(17)23/h7-14H,4-6,15H2,1-3H3,(H,25,28)/b24-14-. The molecule has 0 aromatic heterocycles. The highest BCUT2D eigenvalue weighted by Gasteiger charge is 2.13. The van der Waals surface area contributed by atoms with Crippen molar-refractivity contribution in [2.45, 2.75) is 20.8 Å². The van der Waals surface area contributed by atoms with Crippen molar-refractivity contribution >= 4 is 29.6 Å². The molecule has 2 amide bonds. The Balaban J connectivity index is 2.05. The number of nitrogens with zero attached hydrogens (tertiary/aromatic N) is 2. The lowest BCUT2D eigenvalue weighted by molar-refractivity contribution is -0.133. The van der Waals surface area contributed by atoms with Gasteiger partial charge in [0.25, 0.3) is 11.8 Å². The van der Waals surface area contributed by atoms with Crippen molar-refractivity contribution in [2.24, 2.45) is 5.10 Å². The Morgan fingerprint density at radius 1 is 1.07 bits per heavy atom. The van der Waals surface area contributed by atoms with E-state index >= 15 is 0 Å². The third-order valence-electron chi connectivity index (χ3n) is 4.23. The van der Waals surface area contributed by atoms with Gasteiger partial charge in [-0.3, -0.25) is 9.59 Å². The molecule has 0 aliphatic heterocycles. The highest BCUT2D eigenvalue weighted by molar-refractivity contribution is 6.33. The number of ether oxygens (including phenoxy) is 2. The quantitative estimate of drug-likeness (QED) is 0.459. The van der Waals surface area contributed by atoms with Gasteiger partial charge in [-0.1, -0.05) is 23.7 Å². The lowest BCUT2D eigenvalue weighted by atomic mass is 10.2. The summed E-state index contributed by atoms with van der Waals surface area (Å²) in [5.74, 6) is 0.466. The maximum atomic E-state index is 12.2. The first-order chi connectivity index (χ1) is 14.5. The van der Waals surface area contributed by atoms with Gasteiger partial charge in [-0.15, -0.1) is 0 Å². The summed E-state index contributed by atoms with van der Waals surface area (Å²) in [6.45, 7) is 7.33. The minimum atomic E-state index is -0.406. The number of hydrogen-bond acceptors (Lipinski definition) is 5. The van der Waals surface area contributed by atoms with Crippen LogP contribution in [0.3, 0.4) is 0 Å². The number of amides is 2. The fourth-order valence-electron chi connectivity index (χ4n) is 2.67. The number of hydrogen-bond donors (Lipinski definition) is 1.